The normalized spacial score (nSPS) is 15.0. The van der Waals surface area contributed by atoms with Gasteiger partial charge in [-0.25, -0.2) is 14.5 Å². The van der Waals surface area contributed by atoms with Gasteiger partial charge in [-0.2, -0.15) is 0 Å². The number of rotatable bonds is 5. The third-order valence-corrected chi connectivity index (χ3v) is 6.25. The number of nitrogens with one attached hydrogen (secondary N) is 1. The zero-order valence-electron chi connectivity index (χ0n) is 19.9. The van der Waals surface area contributed by atoms with Crippen LogP contribution in [0.3, 0.4) is 0 Å². The monoisotopic (exact) mass is 471 g/mol. The number of anilines is 1. The van der Waals surface area contributed by atoms with Crippen molar-refractivity contribution < 1.29 is 24.3 Å². The molecule has 0 bridgehead atoms. The van der Waals surface area contributed by atoms with Crippen molar-refractivity contribution in [2.75, 3.05) is 4.90 Å². The molecule has 1 aromatic heterocycles. The number of benzene rings is 2. The number of barbiturate groups is 1. The van der Waals surface area contributed by atoms with Gasteiger partial charge in [-0.1, -0.05) is 25.1 Å². The Labute approximate surface area is 202 Å². The Balaban J connectivity index is 1.77. The summed E-state index contributed by atoms with van der Waals surface area (Å²) in [5.41, 5.74) is 4.87. The third kappa shape index (κ3) is 4.14. The molecule has 0 spiro atoms. The van der Waals surface area contributed by atoms with Gasteiger partial charge in [-0.05, 0) is 80.3 Å². The molecule has 35 heavy (non-hydrogen) atoms. The van der Waals surface area contributed by atoms with E-state index in [2.05, 4.69) is 5.32 Å². The van der Waals surface area contributed by atoms with Gasteiger partial charge in [0.15, 0.2) is 0 Å². The predicted octanol–water partition coefficient (Wildman–Crippen LogP) is 4.33. The van der Waals surface area contributed by atoms with Crippen LogP contribution in [0.25, 0.3) is 11.8 Å². The van der Waals surface area contributed by atoms with Crippen LogP contribution in [0, 0.1) is 20.8 Å². The Morgan fingerprint density at radius 3 is 2.34 bits per heavy atom. The van der Waals surface area contributed by atoms with Crippen LogP contribution in [0.15, 0.2) is 54.1 Å². The number of carboxylic acids is 1. The molecule has 0 radical (unpaired) electrons. The van der Waals surface area contributed by atoms with Crippen LogP contribution in [-0.4, -0.2) is 33.5 Å². The molecule has 178 valence electrons. The van der Waals surface area contributed by atoms with E-state index >= 15 is 0 Å². The molecule has 4 amide bonds. The van der Waals surface area contributed by atoms with Crippen molar-refractivity contribution in [3.8, 4) is 5.69 Å². The first-order valence-electron chi connectivity index (χ1n) is 11.2. The number of nitrogens with zero attached hydrogens (tertiary/aromatic N) is 2. The van der Waals surface area contributed by atoms with E-state index in [1.807, 2.05) is 49.6 Å². The second kappa shape index (κ2) is 9.06. The minimum Gasteiger partial charge on any atom is -0.478 e. The van der Waals surface area contributed by atoms with Gasteiger partial charge in [0.1, 0.15) is 5.57 Å². The summed E-state index contributed by atoms with van der Waals surface area (Å²) in [7, 11) is 0. The molecule has 0 aliphatic carbocycles. The van der Waals surface area contributed by atoms with E-state index in [4.69, 9.17) is 0 Å². The maximum atomic E-state index is 13.3. The Morgan fingerprint density at radius 2 is 1.71 bits per heavy atom. The van der Waals surface area contributed by atoms with Gasteiger partial charge in [0, 0.05) is 17.1 Å². The van der Waals surface area contributed by atoms with Gasteiger partial charge in [-0.15, -0.1) is 0 Å². The van der Waals surface area contributed by atoms with Crippen LogP contribution in [-0.2, 0) is 16.0 Å². The molecule has 0 saturated carbocycles. The summed E-state index contributed by atoms with van der Waals surface area (Å²) < 4.78 is 1.88. The molecule has 4 rings (SSSR count). The first-order chi connectivity index (χ1) is 16.6. The second-order valence-electron chi connectivity index (χ2n) is 8.39. The number of amides is 4. The van der Waals surface area contributed by atoms with Gasteiger partial charge in [0.2, 0.25) is 0 Å². The zero-order valence-corrected chi connectivity index (χ0v) is 19.9. The van der Waals surface area contributed by atoms with Crippen molar-refractivity contribution in [2.45, 2.75) is 34.1 Å². The highest BCUT2D eigenvalue weighted by molar-refractivity contribution is 6.39. The number of hydrogen-bond donors (Lipinski definition) is 2. The quantitative estimate of drug-likeness (QED) is 0.425. The first-order valence-corrected chi connectivity index (χ1v) is 11.2. The standard InChI is InChI=1S/C27H25N3O5/c1-5-18-9-11-20(12-10-18)30-25(32)22(24(31)28-27(30)35)14-19-13-15(2)29(17(19)4)23-8-6-7-21(16(23)3)26(33)34/h6-14H,5H2,1-4H3,(H,33,34)(H,28,31,35)/b22-14-. The van der Waals surface area contributed by atoms with Crippen LogP contribution < -0.4 is 10.2 Å². The molecule has 1 fully saturated rings. The van der Waals surface area contributed by atoms with Crippen LogP contribution in [0.4, 0.5) is 10.5 Å². The Hall–Kier alpha value is -4.46. The first kappa shape index (κ1) is 23.7. The zero-order chi connectivity index (χ0) is 25.4. The van der Waals surface area contributed by atoms with Gasteiger partial charge >= 0.3 is 12.0 Å². The van der Waals surface area contributed by atoms with E-state index < -0.39 is 23.8 Å². The number of carbonyl (C=O) groups excluding carboxylic acids is 3. The largest absolute Gasteiger partial charge is 0.478 e. The minimum atomic E-state index is -1.02. The Kier molecular flexibility index (Phi) is 6.13. The van der Waals surface area contributed by atoms with E-state index in [0.29, 0.717) is 22.5 Å². The topological polar surface area (TPSA) is 109 Å². The third-order valence-electron chi connectivity index (χ3n) is 6.25. The van der Waals surface area contributed by atoms with Crippen molar-refractivity contribution >= 4 is 35.6 Å². The van der Waals surface area contributed by atoms with E-state index in [9.17, 15) is 24.3 Å². The van der Waals surface area contributed by atoms with Crippen LogP contribution in [0.1, 0.15) is 45.4 Å². The van der Waals surface area contributed by atoms with Gasteiger partial charge in [0.25, 0.3) is 11.8 Å². The number of urea groups is 1. The molecule has 8 nitrogen and oxygen atoms in total. The fourth-order valence-electron chi connectivity index (χ4n) is 4.33. The number of carbonyl (C=O) groups is 4. The van der Waals surface area contributed by atoms with Crippen molar-refractivity contribution in [3.63, 3.8) is 0 Å². The van der Waals surface area contributed by atoms with Crippen LogP contribution in [0.2, 0.25) is 0 Å². The lowest BCUT2D eigenvalue weighted by Gasteiger charge is -2.26. The summed E-state index contributed by atoms with van der Waals surface area (Å²) in [6.45, 7) is 7.42. The molecule has 1 aliphatic rings. The number of aromatic carboxylic acids is 1. The molecule has 2 aromatic carbocycles. The SMILES string of the molecule is CCc1ccc(N2C(=O)NC(=O)/C(=C/c3cc(C)n(-c4cccc(C(=O)O)c4C)c3C)C2=O)cc1. The van der Waals surface area contributed by atoms with E-state index in [0.717, 1.165) is 28.3 Å². The average molecular weight is 472 g/mol. The van der Waals surface area contributed by atoms with Crippen LogP contribution >= 0.6 is 0 Å². The lowest BCUT2D eigenvalue weighted by Crippen LogP contribution is -2.54. The summed E-state index contributed by atoms with van der Waals surface area (Å²) in [4.78, 5) is 50.9. The molecular formula is C27H25N3O5. The van der Waals surface area contributed by atoms with E-state index in [-0.39, 0.29) is 11.1 Å². The highest BCUT2D eigenvalue weighted by atomic mass is 16.4. The molecule has 2 heterocycles. The summed E-state index contributed by atoms with van der Waals surface area (Å²) in [6, 6.07) is 13.1. The van der Waals surface area contributed by atoms with E-state index in [1.165, 1.54) is 6.08 Å². The molecular weight excluding hydrogens is 446 g/mol. The molecule has 0 atom stereocenters. The van der Waals surface area contributed by atoms with Gasteiger partial charge in [0.05, 0.1) is 11.3 Å². The number of aromatic nitrogens is 1. The fraction of sp³-hybridized carbons (Fsp3) is 0.185. The lowest BCUT2D eigenvalue weighted by molar-refractivity contribution is -0.122. The van der Waals surface area contributed by atoms with Crippen molar-refractivity contribution in [1.82, 2.24) is 9.88 Å². The Bertz CT molecular complexity index is 1410. The van der Waals surface area contributed by atoms with Crippen molar-refractivity contribution in [2.24, 2.45) is 0 Å². The van der Waals surface area contributed by atoms with Gasteiger partial charge < -0.3 is 9.67 Å². The summed E-state index contributed by atoms with van der Waals surface area (Å²) in [6.07, 6.45) is 2.28. The number of imide groups is 2. The van der Waals surface area contributed by atoms with E-state index in [1.54, 1.807) is 31.2 Å². The molecule has 1 aliphatic heterocycles. The second-order valence-corrected chi connectivity index (χ2v) is 8.39. The molecule has 1 saturated heterocycles. The van der Waals surface area contributed by atoms with Crippen LogP contribution in [0.5, 0.6) is 0 Å². The number of hydrogen-bond acceptors (Lipinski definition) is 4. The maximum Gasteiger partial charge on any atom is 0.336 e. The minimum absolute atomic E-state index is 0.166. The smallest absolute Gasteiger partial charge is 0.336 e. The molecule has 8 heteroatoms. The predicted molar refractivity (Wildman–Crippen MR) is 132 cm³/mol. The average Bonchev–Trinajstić information content (AvgIpc) is 3.09. The maximum absolute atomic E-state index is 13.3. The number of carboxylic acid groups (broad SMARTS) is 1. The van der Waals surface area contributed by atoms with Crippen molar-refractivity contribution in [3.05, 3.63) is 87.7 Å². The molecule has 0 unspecified atom stereocenters. The Morgan fingerprint density at radius 1 is 1.03 bits per heavy atom. The molecule has 2 N–H and O–H groups in total. The summed E-state index contributed by atoms with van der Waals surface area (Å²) >= 11 is 0. The lowest BCUT2D eigenvalue weighted by atomic mass is 10.1. The van der Waals surface area contributed by atoms with Gasteiger partial charge in [-0.3, -0.25) is 14.9 Å². The highest BCUT2D eigenvalue weighted by Crippen LogP contribution is 2.28. The fourth-order valence-corrected chi connectivity index (χ4v) is 4.33. The van der Waals surface area contributed by atoms with Crippen molar-refractivity contribution in [1.29, 1.82) is 0 Å². The number of aryl methyl sites for hydroxylation is 2. The summed E-state index contributed by atoms with van der Waals surface area (Å²) in [5.74, 6) is -2.50. The molecule has 3 aromatic rings. The summed E-state index contributed by atoms with van der Waals surface area (Å²) in [5, 5.41) is 11.7. The highest BCUT2D eigenvalue weighted by Gasteiger charge is 2.37.